The number of halogens is 3. The Morgan fingerprint density at radius 2 is 0.827 bits per heavy atom. The maximum atomic E-state index is 13.5. The minimum atomic E-state index is -3.82. The maximum absolute atomic E-state index is 13.5. The first kappa shape index (κ1) is 112. The summed E-state index contributed by atoms with van der Waals surface area (Å²) in [6.45, 7) is 35.3. The molecule has 4 aliphatic carbocycles. The van der Waals surface area contributed by atoms with E-state index in [9.17, 15) is 48.1 Å². The molecule has 43 heteroatoms. The molecule has 12 aromatic heterocycles. The van der Waals surface area contributed by atoms with Crippen LogP contribution < -0.4 is 21.3 Å². The van der Waals surface area contributed by atoms with Crippen LogP contribution in [0.25, 0.3) is 80.7 Å². The Kier molecular flexibility index (Phi) is 35.0. The Labute approximate surface area is 909 Å². The van der Waals surface area contributed by atoms with Crippen molar-refractivity contribution in [1.82, 2.24) is 57.8 Å². The molecule has 0 saturated heterocycles. The van der Waals surface area contributed by atoms with Gasteiger partial charge in [0.2, 0.25) is 0 Å². The van der Waals surface area contributed by atoms with Crippen molar-refractivity contribution in [3.8, 4) is 37.8 Å². The molecule has 16 aromatic rings. The highest BCUT2D eigenvalue weighted by Crippen LogP contribution is 2.47. The normalized spacial score (nSPS) is 17.4. The van der Waals surface area contributed by atoms with Gasteiger partial charge in [0.25, 0.3) is 29.1 Å². The number of anilines is 4. The second kappa shape index (κ2) is 47.0. The number of nitrogens with one attached hydrogen (secondary N) is 6. The number of aromatic nitrogens is 12. The van der Waals surface area contributed by atoms with Gasteiger partial charge in [-0.15, -0.1) is 45.3 Å². The molecule has 0 radical (unpaired) electrons. The topological polar surface area (TPSA) is 436 Å². The van der Waals surface area contributed by atoms with Crippen LogP contribution in [0.15, 0.2) is 220 Å². The number of pyridine rings is 4. The van der Waals surface area contributed by atoms with Crippen LogP contribution in [0.2, 0.25) is 0 Å². The number of aryl methyl sites for hydroxylation is 6. The van der Waals surface area contributed by atoms with Gasteiger partial charge in [-0.3, -0.25) is 14.4 Å². The van der Waals surface area contributed by atoms with E-state index in [0.717, 1.165) is 176 Å². The number of hydrogen-bond donors (Lipinski definition) is 6. The quantitative estimate of drug-likeness (QED) is 0.0134. The molecule has 4 fully saturated rings. The minimum absolute atomic E-state index is 0.0438. The second-order valence-corrected chi connectivity index (χ2v) is 54.4. The lowest BCUT2D eigenvalue weighted by Gasteiger charge is -2.37. The van der Waals surface area contributed by atoms with Gasteiger partial charge in [0.05, 0.1) is 87.5 Å². The van der Waals surface area contributed by atoms with E-state index >= 15 is 0 Å². The fourth-order valence-corrected chi connectivity index (χ4v) is 26.6. The summed E-state index contributed by atoms with van der Waals surface area (Å²) in [5.74, 6) is 0.623. The summed E-state index contributed by atoms with van der Waals surface area (Å²) in [7, 11) is -9.67. The highest BCUT2D eigenvalue weighted by atomic mass is 79.9. The van der Waals surface area contributed by atoms with Crippen molar-refractivity contribution in [1.29, 1.82) is 5.26 Å². The number of carbonyl (C=O) groups is 3. The van der Waals surface area contributed by atoms with Gasteiger partial charge in [0, 0.05) is 170 Å². The van der Waals surface area contributed by atoms with Crippen LogP contribution in [0.4, 0.5) is 28.4 Å². The lowest BCUT2D eigenvalue weighted by atomic mass is 9.78. The van der Waals surface area contributed by atoms with Crippen LogP contribution in [-0.4, -0.2) is 156 Å². The van der Waals surface area contributed by atoms with Crippen LogP contribution in [0.1, 0.15) is 172 Å². The number of benzene rings is 4. The highest BCUT2D eigenvalue weighted by Gasteiger charge is 2.40. The summed E-state index contributed by atoms with van der Waals surface area (Å²) < 4.78 is 121. The van der Waals surface area contributed by atoms with E-state index in [1.54, 1.807) is 131 Å². The van der Waals surface area contributed by atoms with E-state index in [1.165, 1.54) is 55.8 Å². The molecule has 12 heterocycles. The van der Waals surface area contributed by atoms with Crippen molar-refractivity contribution in [2.45, 2.75) is 235 Å². The zero-order valence-electron chi connectivity index (χ0n) is 85.1. The van der Waals surface area contributed by atoms with E-state index in [0.29, 0.717) is 53.5 Å². The number of H-pyrrole nitrogens is 2. The van der Waals surface area contributed by atoms with Gasteiger partial charge in [-0.05, 0) is 290 Å². The fourth-order valence-electron chi connectivity index (χ4n) is 17.6. The third kappa shape index (κ3) is 28.6. The number of carbonyl (C=O) groups excluding carboxylic acids is 3. The lowest BCUT2D eigenvalue weighted by Crippen LogP contribution is -2.39. The van der Waals surface area contributed by atoms with Crippen LogP contribution in [0, 0.1) is 83.1 Å². The molecule has 6 N–H and O–H groups in total. The number of ether oxygens (including phenoxy) is 3. The zero-order valence-corrected chi connectivity index (χ0v) is 95.5. The summed E-state index contributed by atoms with van der Waals surface area (Å²) >= 11 is 13.1. The number of nitrogens with zero attached hydrogens (tertiary/aromatic N) is 12. The van der Waals surface area contributed by atoms with Crippen molar-refractivity contribution in [3.05, 3.63) is 252 Å². The van der Waals surface area contributed by atoms with Gasteiger partial charge in [-0.2, -0.15) is 5.26 Å². The van der Waals surface area contributed by atoms with Crippen LogP contribution in [-0.2, 0) is 67.5 Å². The summed E-state index contributed by atoms with van der Waals surface area (Å²) in [5.41, 5.74) is 14.1. The van der Waals surface area contributed by atoms with E-state index in [-0.39, 0.29) is 84.8 Å². The Hall–Kier alpha value is -12.2. The SMILES string of the molecule is Cc1ccc(S(=O)(=O)n2ccc3c(NC4CC(CC(=O)OC(C)(C)C)C4)c(-c4nc(C)cs4)cnc32)cc1.Cc1ccc(S(=O)(=O)n2ccc3c(NC4CC(CC(=O)OC(C)(C)C)C4)c(Br)cnc32)cc1.Cc1csc(-c2cnc3[nH]ccc3c2NC2CC(CC(=O)OC(C)(C)C)C2)n1.Cc1csc(-c2cnc3[nH]ccc3c2NC2CC(CS(=O)(=O)c3cccc(C#N)c3)C2)n1.Cc1csc(Br)n1.[C-]#[N+]c1cccc(S(=O)(=O)Cl)c1. The van der Waals surface area contributed by atoms with Gasteiger partial charge in [0.1, 0.15) is 43.1 Å². The number of esters is 3. The molecule has 0 amide bonds. The summed E-state index contributed by atoms with van der Waals surface area (Å²) in [4.78, 5) is 82.4. The first-order chi connectivity index (χ1) is 70.9. The van der Waals surface area contributed by atoms with Gasteiger partial charge in [0.15, 0.2) is 30.7 Å². The predicted octanol–water partition coefficient (Wildman–Crippen LogP) is 25.0. The monoisotopic (exact) mass is 2320 g/mol. The van der Waals surface area contributed by atoms with Crippen LogP contribution in [0.3, 0.4) is 0 Å². The molecular formula is C107H115Br2ClN18O14S8. The summed E-state index contributed by atoms with van der Waals surface area (Å²) in [5, 5.41) is 37.8. The number of rotatable bonds is 25. The van der Waals surface area contributed by atoms with Gasteiger partial charge < -0.3 is 45.4 Å². The average Bonchev–Trinajstić information content (AvgIpc) is 1.59. The molecule has 0 atom stereocenters. The van der Waals surface area contributed by atoms with E-state index in [1.807, 2.05) is 163 Å². The molecule has 0 aliphatic heterocycles. The Balaban J connectivity index is 0.000000141. The Morgan fingerprint density at radius 3 is 1.19 bits per heavy atom. The number of thiazole rings is 4. The smallest absolute Gasteiger partial charge is 0.306 e. The van der Waals surface area contributed by atoms with Crippen molar-refractivity contribution < 1.29 is 62.3 Å². The summed E-state index contributed by atoms with van der Waals surface area (Å²) in [6.07, 6.45) is 22.0. The van der Waals surface area contributed by atoms with Gasteiger partial charge in [-0.1, -0.05) is 53.6 Å². The van der Waals surface area contributed by atoms with Crippen molar-refractivity contribution >= 4 is 217 Å². The molecule has 32 nitrogen and oxygen atoms in total. The standard InChI is InChI=1S/C28H32N4O4S2.C24H28BrN3O4S.C23H21N5O2S2.C21H26N4O2S.C7H4ClNO2S.C4H4BrNS/c1-17-6-8-21(9-7-17)38(34,35)32-11-10-22-25(23(15-29-26(22)32)27-30-18(2)16-37-27)31-20-12-19(13-20)14-24(33)36-28(3,4)5;1-15-5-7-18(8-6-15)33(30,31)28-10-9-19-22(20(25)14-26-23(19)28)27-17-11-16(12-17)13-21(29)32-24(2,3)4;1-14-12-31-23(27-14)20-11-26-22-19(5-6-25-22)21(20)28-17-7-16(8-17)13-32(29,30)18-4-2-3-15(9-18)10-24;1-12-11-28-20(24-12)16-10-23-19-15(5-6-22-19)18(16)25-14-7-13(8-14)9-17(26)27-21(2,3)4;1-9-6-3-2-4-7(5-6)12(8,10)11;1-3-2-7-4(5)6-3/h6-11,15-16,19-20H,12-14H2,1-5H3,(H,29,31);5-10,14,16-17H,11-13H2,1-4H3,(H,26,27);2-6,9,11-12,16-17H,7-8,13H2,1H3,(H2,25,26,28);5-6,10-11,13-14H,7-9H2,1-4H3,(H2,22,23,25);2-5H;2H,1H3. The second-order valence-electron chi connectivity index (χ2n) is 40.6. The molecule has 786 valence electrons. The minimum Gasteiger partial charge on any atom is -0.460 e. The van der Waals surface area contributed by atoms with Crippen molar-refractivity contribution in [2.24, 2.45) is 23.7 Å². The molecule has 4 aromatic carbocycles. The van der Waals surface area contributed by atoms with Gasteiger partial charge >= 0.3 is 17.9 Å². The fraction of sp³-hybridized carbons (Fsp3) is 0.355. The van der Waals surface area contributed by atoms with Crippen LogP contribution in [0.5, 0.6) is 0 Å². The molecule has 4 saturated carbocycles. The third-order valence-electron chi connectivity index (χ3n) is 24.8. The molecule has 0 bridgehead atoms. The van der Waals surface area contributed by atoms with Crippen LogP contribution >= 0.6 is 87.9 Å². The number of fused-ring (bicyclic) bond motifs is 4. The zero-order chi connectivity index (χ0) is 108. The predicted molar refractivity (Wildman–Crippen MR) is 600 cm³/mol. The number of nitriles is 1. The maximum Gasteiger partial charge on any atom is 0.306 e. The van der Waals surface area contributed by atoms with E-state index in [2.05, 4.69) is 113 Å². The first-order valence-electron chi connectivity index (χ1n) is 48.3. The van der Waals surface area contributed by atoms with Crippen molar-refractivity contribution in [2.75, 3.05) is 27.0 Å². The first-order valence-corrected chi connectivity index (χ1v) is 60.3. The number of hydrogen-bond acceptors (Lipinski definition) is 31. The largest absolute Gasteiger partial charge is 0.460 e. The highest BCUT2D eigenvalue weighted by molar-refractivity contribution is 9.11. The molecule has 4 aliphatic rings. The van der Waals surface area contributed by atoms with Crippen molar-refractivity contribution in [3.63, 3.8) is 0 Å². The lowest BCUT2D eigenvalue weighted by molar-refractivity contribution is -0.157. The molecule has 150 heavy (non-hydrogen) atoms. The number of aromatic amines is 2. The molecule has 20 rings (SSSR count). The summed E-state index contributed by atoms with van der Waals surface area (Å²) in [6, 6.07) is 35.8. The number of sulfone groups is 1. The molecule has 0 unspecified atom stereocenters. The molecular weight excluding hydrogens is 2210 g/mol. The Morgan fingerprint density at radius 1 is 0.460 bits per heavy atom. The molecule has 0 spiro atoms. The van der Waals surface area contributed by atoms with E-state index < -0.39 is 55.7 Å². The average molecular weight is 2330 g/mol. The third-order valence-corrected chi connectivity index (χ3v) is 36.4. The Bertz CT molecular complexity index is 8190. The van der Waals surface area contributed by atoms with E-state index in [4.69, 9.17) is 36.7 Å². The van der Waals surface area contributed by atoms with Gasteiger partial charge in [-0.25, -0.2) is 86.3 Å².